The maximum atomic E-state index is 12.4. The minimum atomic E-state index is -0.662. The third kappa shape index (κ3) is 49.8. The van der Waals surface area contributed by atoms with E-state index in [1.54, 1.807) is 0 Å². The van der Waals surface area contributed by atoms with Crippen molar-refractivity contribution in [3.05, 3.63) is 24.3 Å². The molecule has 0 aliphatic carbocycles. The zero-order valence-electron chi connectivity index (χ0n) is 43.0. The van der Waals surface area contributed by atoms with Crippen molar-refractivity contribution < 1.29 is 24.5 Å². The summed E-state index contributed by atoms with van der Waals surface area (Å²) in [7, 11) is 0. The molecule has 0 saturated carbocycles. The van der Waals surface area contributed by atoms with Crippen LogP contribution in [0.25, 0.3) is 0 Å². The first-order valence-electron chi connectivity index (χ1n) is 28.6. The van der Waals surface area contributed by atoms with Crippen molar-refractivity contribution in [3.8, 4) is 0 Å². The Morgan fingerprint density at radius 1 is 0.438 bits per heavy atom. The van der Waals surface area contributed by atoms with Gasteiger partial charge in [0.25, 0.3) is 0 Å². The lowest BCUT2D eigenvalue weighted by Gasteiger charge is -2.22. The Kier molecular flexibility index (Phi) is 52.6. The van der Waals surface area contributed by atoms with Gasteiger partial charge < -0.3 is 20.3 Å². The third-order valence-corrected chi connectivity index (χ3v) is 13.3. The number of allylic oxidation sites excluding steroid dienone is 4. The Labute approximate surface area is 399 Å². The van der Waals surface area contributed by atoms with Crippen LogP contribution in [0.4, 0.5) is 0 Å². The van der Waals surface area contributed by atoms with Crippen molar-refractivity contribution in [2.45, 2.75) is 321 Å². The van der Waals surface area contributed by atoms with E-state index >= 15 is 0 Å². The summed E-state index contributed by atoms with van der Waals surface area (Å²) in [5, 5.41) is 23.1. The van der Waals surface area contributed by atoms with Gasteiger partial charge in [0.15, 0.2) is 0 Å². The summed E-state index contributed by atoms with van der Waals surface area (Å²) in [6.07, 6.45) is 64.6. The van der Waals surface area contributed by atoms with Crippen LogP contribution in [0.3, 0.4) is 0 Å². The van der Waals surface area contributed by atoms with Crippen molar-refractivity contribution in [2.24, 2.45) is 0 Å². The molecule has 0 aliphatic rings. The fraction of sp³-hybridized carbons (Fsp3) is 0.897. The van der Waals surface area contributed by atoms with Crippen LogP contribution in [-0.2, 0) is 14.3 Å². The zero-order valence-corrected chi connectivity index (χ0v) is 43.0. The molecule has 378 valence electrons. The smallest absolute Gasteiger partial charge is 0.305 e. The highest BCUT2D eigenvalue weighted by Crippen LogP contribution is 2.17. The molecule has 0 bridgehead atoms. The van der Waals surface area contributed by atoms with Crippen molar-refractivity contribution in [2.75, 3.05) is 13.2 Å². The summed E-state index contributed by atoms with van der Waals surface area (Å²) in [4.78, 5) is 24.4. The molecular formula is C58H111NO5. The Morgan fingerprint density at radius 2 is 0.781 bits per heavy atom. The van der Waals surface area contributed by atoms with Gasteiger partial charge >= 0.3 is 5.97 Å². The molecule has 0 rings (SSSR count). The number of carbonyl (C=O) groups is 2. The summed E-state index contributed by atoms with van der Waals surface area (Å²) in [6.45, 7) is 4.91. The van der Waals surface area contributed by atoms with E-state index in [4.69, 9.17) is 4.74 Å². The summed E-state index contributed by atoms with van der Waals surface area (Å²) < 4.78 is 5.48. The van der Waals surface area contributed by atoms with Crippen LogP contribution in [0.2, 0.25) is 0 Å². The van der Waals surface area contributed by atoms with E-state index in [1.807, 2.05) is 0 Å². The average Bonchev–Trinajstić information content (AvgIpc) is 3.29. The minimum Gasteiger partial charge on any atom is -0.466 e. The van der Waals surface area contributed by atoms with E-state index < -0.39 is 12.1 Å². The maximum Gasteiger partial charge on any atom is 0.305 e. The monoisotopic (exact) mass is 902 g/mol. The lowest BCUT2D eigenvalue weighted by molar-refractivity contribution is -0.143. The summed E-state index contributed by atoms with van der Waals surface area (Å²) >= 11 is 0. The number of aliphatic hydroxyl groups is 2. The molecule has 0 aromatic carbocycles. The lowest BCUT2D eigenvalue weighted by Crippen LogP contribution is -2.45. The van der Waals surface area contributed by atoms with E-state index in [-0.39, 0.29) is 18.5 Å². The molecule has 0 spiro atoms. The van der Waals surface area contributed by atoms with Gasteiger partial charge in [-0.1, -0.05) is 263 Å². The molecule has 0 saturated heterocycles. The number of hydrogen-bond acceptors (Lipinski definition) is 5. The quantitative estimate of drug-likeness (QED) is 0.0321. The molecule has 0 aliphatic heterocycles. The predicted octanol–water partition coefficient (Wildman–Crippen LogP) is 17.5. The molecule has 6 nitrogen and oxygen atoms in total. The highest BCUT2D eigenvalue weighted by atomic mass is 16.5. The van der Waals surface area contributed by atoms with Crippen molar-refractivity contribution >= 4 is 11.9 Å². The number of carbonyl (C=O) groups excluding carboxylic acids is 2. The molecule has 0 fully saturated rings. The highest BCUT2D eigenvalue weighted by molar-refractivity contribution is 5.76. The van der Waals surface area contributed by atoms with Gasteiger partial charge in [-0.05, 0) is 57.8 Å². The van der Waals surface area contributed by atoms with Gasteiger partial charge in [0, 0.05) is 12.8 Å². The number of unbranched alkanes of at least 4 members (excludes halogenated alkanes) is 38. The molecule has 6 heteroatoms. The molecule has 0 radical (unpaired) electrons. The van der Waals surface area contributed by atoms with Gasteiger partial charge in [-0.15, -0.1) is 0 Å². The molecule has 1 amide bonds. The fourth-order valence-corrected chi connectivity index (χ4v) is 8.85. The number of aliphatic hydroxyl groups excluding tert-OH is 2. The third-order valence-electron chi connectivity index (χ3n) is 13.3. The largest absolute Gasteiger partial charge is 0.466 e. The first kappa shape index (κ1) is 62.3. The molecule has 0 aromatic heterocycles. The molecular weight excluding hydrogens is 791 g/mol. The van der Waals surface area contributed by atoms with Gasteiger partial charge in [-0.3, -0.25) is 9.59 Å². The molecule has 0 aromatic rings. The Balaban J connectivity index is 3.35. The molecule has 3 N–H and O–H groups in total. The molecule has 0 heterocycles. The van der Waals surface area contributed by atoms with Crippen LogP contribution >= 0.6 is 0 Å². The zero-order chi connectivity index (χ0) is 46.5. The van der Waals surface area contributed by atoms with E-state index in [0.29, 0.717) is 25.9 Å². The van der Waals surface area contributed by atoms with E-state index in [1.165, 1.54) is 225 Å². The van der Waals surface area contributed by atoms with Gasteiger partial charge in [0.05, 0.1) is 25.4 Å². The first-order chi connectivity index (χ1) is 31.5. The number of ether oxygens (including phenoxy) is 1. The fourth-order valence-electron chi connectivity index (χ4n) is 8.85. The second kappa shape index (κ2) is 54.0. The topological polar surface area (TPSA) is 95.9 Å². The van der Waals surface area contributed by atoms with Gasteiger partial charge in [0.1, 0.15) is 0 Å². The molecule has 64 heavy (non-hydrogen) atoms. The number of hydrogen-bond donors (Lipinski definition) is 3. The molecule has 2 atom stereocenters. The van der Waals surface area contributed by atoms with Crippen LogP contribution in [-0.4, -0.2) is 47.4 Å². The van der Waals surface area contributed by atoms with Crippen LogP contribution < -0.4 is 5.32 Å². The normalized spacial score (nSPS) is 12.8. The Bertz CT molecular complexity index is 997. The second-order valence-corrected chi connectivity index (χ2v) is 19.6. The standard InChI is InChI=1S/C58H111NO5/c1-3-5-7-9-11-13-14-15-16-26-29-32-36-40-44-48-52-58(63)64-53-49-45-41-37-33-30-27-24-22-20-18-17-19-21-23-25-28-31-35-39-43-47-51-57(62)59-55(54-60)56(61)50-46-42-38-34-12-10-8-6-4-2/h13-14,16,26,55-56,60-61H,3-12,15,17-25,27-54H2,1-2H3,(H,59,62)/b14-13-,26-16-. The van der Waals surface area contributed by atoms with Crippen molar-refractivity contribution in [1.29, 1.82) is 0 Å². The molecule has 2 unspecified atom stereocenters. The van der Waals surface area contributed by atoms with Gasteiger partial charge in [0.2, 0.25) is 5.91 Å². The summed E-state index contributed by atoms with van der Waals surface area (Å²) in [5.74, 6) is -0.0376. The highest BCUT2D eigenvalue weighted by Gasteiger charge is 2.20. The van der Waals surface area contributed by atoms with Crippen LogP contribution in [0, 0.1) is 0 Å². The van der Waals surface area contributed by atoms with Crippen LogP contribution in [0.5, 0.6) is 0 Å². The minimum absolute atomic E-state index is 0.000292. The number of esters is 1. The Morgan fingerprint density at radius 3 is 1.20 bits per heavy atom. The second-order valence-electron chi connectivity index (χ2n) is 19.6. The first-order valence-corrected chi connectivity index (χ1v) is 28.6. The van der Waals surface area contributed by atoms with Crippen LogP contribution in [0.1, 0.15) is 309 Å². The van der Waals surface area contributed by atoms with Crippen LogP contribution in [0.15, 0.2) is 24.3 Å². The SMILES string of the molecule is CCCCCC/C=C\C/C=C\CCCCCCCC(=O)OCCCCCCCCCCCCCCCCCCCCCCCCC(=O)NC(CO)C(O)CCCCCCCCCCC. The van der Waals surface area contributed by atoms with Gasteiger partial charge in [-0.25, -0.2) is 0 Å². The number of nitrogens with one attached hydrogen (secondary N) is 1. The van der Waals surface area contributed by atoms with E-state index in [0.717, 1.165) is 51.4 Å². The average molecular weight is 903 g/mol. The lowest BCUT2D eigenvalue weighted by atomic mass is 10.0. The van der Waals surface area contributed by atoms with E-state index in [9.17, 15) is 19.8 Å². The van der Waals surface area contributed by atoms with Crippen molar-refractivity contribution in [3.63, 3.8) is 0 Å². The van der Waals surface area contributed by atoms with Crippen molar-refractivity contribution in [1.82, 2.24) is 5.32 Å². The predicted molar refractivity (Wildman–Crippen MR) is 278 cm³/mol. The summed E-state index contributed by atoms with van der Waals surface area (Å²) in [6, 6.07) is -0.539. The summed E-state index contributed by atoms with van der Waals surface area (Å²) in [5.41, 5.74) is 0. The Hall–Kier alpha value is -1.66. The number of amides is 1. The number of rotatable bonds is 53. The van der Waals surface area contributed by atoms with Gasteiger partial charge in [-0.2, -0.15) is 0 Å². The maximum absolute atomic E-state index is 12.4. The van der Waals surface area contributed by atoms with E-state index in [2.05, 4.69) is 43.5 Å².